The van der Waals surface area contributed by atoms with E-state index < -0.39 is 5.91 Å². The molecule has 0 aliphatic carbocycles. The van der Waals surface area contributed by atoms with E-state index in [2.05, 4.69) is 10.5 Å². The molecule has 2 rings (SSSR count). The third-order valence-corrected chi connectivity index (χ3v) is 3.29. The lowest BCUT2D eigenvalue weighted by Gasteiger charge is -2.07. The molecule has 0 radical (unpaired) electrons. The number of nitrogens with zero attached hydrogens (tertiary/aromatic N) is 1. The van der Waals surface area contributed by atoms with Crippen LogP contribution in [0, 0.1) is 6.92 Å². The number of nitrogens with one attached hydrogen (secondary N) is 1. The number of aryl methyl sites for hydroxylation is 1. The number of phenols is 1. The predicted octanol–water partition coefficient (Wildman–Crippen LogP) is 3.27. The van der Waals surface area contributed by atoms with Crippen LogP contribution < -0.4 is 10.2 Å². The van der Waals surface area contributed by atoms with Crippen LogP contribution in [0.4, 0.5) is 0 Å². The van der Waals surface area contributed by atoms with Crippen molar-refractivity contribution in [3.63, 3.8) is 0 Å². The van der Waals surface area contributed by atoms with E-state index >= 15 is 0 Å². The number of halogens is 1. The zero-order valence-electron chi connectivity index (χ0n) is 12.8. The summed E-state index contributed by atoms with van der Waals surface area (Å²) in [6.45, 7) is 3.45. The van der Waals surface area contributed by atoms with Gasteiger partial charge in [-0.15, -0.1) is 0 Å². The summed E-state index contributed by atoms with van der Waals surface area (Å²) in [6.07, 6.45) is 0. The summed E-state index contributed by atoms with van der Waals surface area (Å²) in [6, 6.07) is 12.0. The number of hydrogen-bond acceptors (Lipinski definition) is 4. The lowest BCUT2D eigenvalue weighted by atomic mass is 10.1. The van der Waals surface area contributed by atoms with Gasteiger partial charge in [-0.1, -0.05) is 23.7 Å². The lowest BCUT2D eigenvalue weighted by Crippen LogP contribution is -2.25. The Kier molecular flexibility index (Phi) is 5.60. The first-order valence-corrected chi connectivity index (χ1v) is 7.35. The fourth-order valence-corrected chi connectivity index (χ4v) is 2.06. The average molecular weight is 333 g/mol. The first-order chi connectivity index (χ1) is 11.0. The number of aromatic hydroxyl groups is 1. The third-order valence-electron chi connectivity index (χ3n) is 3.06. The number of carbonyl (C=O) groups excluding carboxylic acids is 1. The van der Waals surface area contributed by atoms with Crippen molar-refractivity contribution in [2.75, 3.05) is 6.61 Å². The fourth-order valence-electron chi connectivity index (χ4n) is 1.89. The lowest BCUT2D eigenvalue weighted by molar-refractivity contribution is -0.123. The Morgan fingerprint density at radius 2 is 2.09 bits per heavy atom. The van der Waals surface area contributed by atoms with Gasteiger partial charge in [0.25, 0.3) is 5.91 Å². The molecular weight excluding hydrogens is 316 g/mol. The van der Waals surface area contributed by atoms with Crippen LogP contribution in [-0.2, 0) is 4.79 Å². The van der Waals surface area contributed by atoms with Crippen molar-refractivity contribution in [3.05, 3.63) is 58.6 Å². The topological polar surface area (TPSA) is 70.9 Å². The normalized spacial score (nSPS) is 11.2. The van der Waals surface area contributed by atoms with E-state index in [1.165, 1.54) is 6.07 Å². The maximum Gasteiger partial charge on any atom is 0.277 e. The fraction of sp³-hybridized carbons (Fsp3) is 0.176. The summed E-state index contributed by atoms with van der Waals surface area (Å²) in [5.41, 5.74) is 4.33. The van der Waals surface area contributed by atoms with E-state index in [0.29, 0.717) is 22.0 Å². The van der Waals surface area contributed by atoms with Crippen LogP contribution in [0.3, 0.4) is 0 Å². The third kappa shape index (κ3) is 5.00. The smallest absolute Gasteiger partial charge is 0.277 e. The van der Waals surface area contributed by atoms with Gasteiger partial charge in [-0.3, -0.25) is 4.79 Å². The summed E-state index contributed by atoms with van der Waals surface area (Å²) in [7, 11) is 0. The summed E-state index contributed by atoms with van der Waals surface area (Å²) < 4.78 is 5.38. The number of carbonyl (C=O) groups is 1. The number of hydrazone groups is 1. The van der Waals surface area contributed by atoms with Gasteiger partial charge in [0.15, 0.2) is 6.61 Å². The molecule has 0 unspecified atom stereocenters. The number of phenolic OH excluding ortho intramolecular Hbond substituents is 1. The van der Waals surface area contributed by atoms with Crippen LogP contribution >= 0.6 is 11.6 Å². The Morgan fingerprint density at radius 3 is 2.83 bits per heavy atom. The highest BCUT2D eigenvalue weighted by Crippen LogP contribution is 2.22. The van der Waals surface area contributed by atoms with E-state index in [4.69, 9.17) is 16.3 Å². The predicted molar refractivity (Wildman–Crippen MR) is 90.1 cm³/mol. The summed E-state index contributed by atoms with van der Waals surface area (Å²) >= 11 is 5.88. The van der Waals surface area contributed by atoms with Crippen LogP contribution in [0.2, 0.25) is 5.02 Å². The van der Waals surface area contributed by atoms with Crippen LogP contribution in [0.1, 0.15) is 18.1 Å². The Morgan fingerprint density at radius 1 is 1.30 bits per heavy atom. The van der Waals surface area contributed by atoms with Crippen molar-refractivity contribution >= 4 is 23.2 Å². The standard InChI is InChI=1S/C17H17ClN2O3/c1-11-4-3-5-14(8-11)23-10-17(22)20-19-12(2)15-9-13(18)6-7-16(15)21/h3-9,21H,10H2,1-2H3,(H,20,22)/b19-12+. The molecule has 6 heteroatoms. The number of benzene rings is 2. The highest BCUT2D eigenvalue weighted by molar-refractivity contribution is 6.31. The van der Waals surface area contributed by atoms with Gasteiger partial charge in [-0.05, 0) is 49.7 Å². The molecule has 5 nitrogen and oxygen atoms in total. The van der Waals surface area contributed by atoms with Crippen LogP contribution in [0.25, 0.3) is 0 Å². The van der Waals surface area contributed by atoms with Gasteiger partial charge in [-0.25, -0.2) is 5.43 Å². The number of rotatable bonds is 5. The monoisotopic (exact) mass is 332 g/mol. The van der Waals surface area contributed by atoms with Gasteiger partial charge in [0.05, 0.1) is 5.71 Å². The Hall–Kier alpha value is -2.53. The molecule has 1 amide bonds. The zero-order valence-corrected chi connectivity index (χ0v) is 13.6. The molecule has 0 saturated carbocycles. The van der Waals surface area contributed by atoms with Gasteiger partial charge >= 0.3 is 0 Å². The minimum absolute atomic E-state index is 0.0425. The van der Waals surface area contributed by atoms with Crippen molar-refractivity contribution in [2.45, 2.75) is 13.8 Å². The summed E-state index contributed by atoms with van der Waals surface area (Å²) in [5.74, 6) is 0.265. The second-order valence-electron chi connectivity index (χ2n) is 5.00. The Bertz CT molecular complexity index is 744. The SMILES string of the molecule is C/C(=N\NC(=O)COc1cccc(C)c1)c1cc(Cl)ccc1O. The molecule has 0 heterocycles. The Balaban J connectivity index is 1.93. The van der Waals surface area contributed by atoms with Gasteiger partial charge < -0.3 is 9.84 Å². The van der Waals surface area contributed by atoms with E-state index in [-0.39, 0.29) is 12.4 Å². The minimum atomic E-state index is -0.396. The van der Waals surface area contributed by atoms with Gasteiger partial charge in [0, 0.05) is 10.6 Å². The first kappa shape index (κ1) is 16.8. The minimum Gasteiger partial charge on any atom is -0.507 e. The van der Waals surface area contributed by atoms with Gasteiger partial charge in [0.1, 0.15) is 11.5 Å². The van der Waals surface area contributed by atoms with Crippen molar-refractivity contribution in [1.82, 2.24) is 5.43 Å². The molecule has 120 valence electrons. The quantitative estimate of drug-likeness (QED) is 0.652. The maximum atomic E-state index is 11.8. The molecule has 0 aliphatic heterocycles. The average Bonchev–Trinajstić information content (AvgIpc) is 2.53. The van der Waals surface area contributed by atoms with E-state index in [1.54, 1.807) is 25.1 Å². The number of ether oxygens (including phenoxy) is 1. The highest BCUT2D eigenvalue weighted by atomic mass is 35.5. The second kappa shape index (κ2) is 7.65. The Labute approximate surface area is 139 Å². The summed E-state index contributed by atoms with van der Waals surface area (Å²) in [5, 5.41) is 14.2. The molecule has 0 spiro atoms. The van der Waals surface area contributed by atoms with Gasteiger partial charge in [-0.2, -0.15) is 5.10 Å². The maximum absolute atomic E-state index is 11.8. The number of amides is 1. The molecule has 0 aromatic heterocycles. The molecule has 2 aromatic rings. The molecule has 2 N–H and O–H groups in total. The first-order valence-electron chi connectivity index (χ1n) is 6.97. The number of hydrogen-bond donors (Lipinski definition) is 2. The molecule has 0 saturated heterocycles. The van der Waals surface area contributed by atoms with E-state index in [9.17, 15) is 9.90 Å². The van der Waals surface area contributed by atoms with Crippen LogP contribution in [0.5, 0.6) is 11.5 Å². The largest absolute Gasteiger partial charge is 0.507 e. The van der Waals surface area contributed by atoms with Crippen molar-refractivity contribution in [1.29, 1.82) is 0 Å². The molecule has 23 heavy (non-hydrogen) atoms. The van der Waals surface area contributed by atoms with Crippen molar-refractivity contribution < 1.29 is 14.6 Å². The van der Waals surface area contributed by atoms with Crippen LogP contribution in [0.15, 0.2) is 47.6 Å². The van der Waals surface area contributed by atoms with E-state index in [1.807, 2.05) is 25.1 Å². The molecular formula is C17H17ClN2O3. The second-order valence-corrected chi connectivity index (χ2v) is 5.44. The van der Waals surface area contributed by atoms with Gasteiger partial charge in [0.2, 0.25) is 0 Å². The molecule has 0 fully saturated rings. The zero-order chi connectivity index (χ0) is 16.8. The van der Waals surface area contributed by atoms with Crippen molar-refractivity contribution in [2.24, 2.45) is 5.10 Å². The summed E-state index contributed by atoms with van der Waals surface area (Å²) in [4.78, 5) is 11.8. The highest BCUT2D eigenvalue weighted by Gasteiger charge is 2.07. The molecule has 2 aromatic carbocycles. The van der Waals surface area contributed by atoms with Crippen LogP contribution in [-0.4, -0.2) is 23.3 Å². The molecule has 0 bridgehead atoms. The molecule has 0 atom stereocenters. The van der Waals surface area contributed by atoms with Crippen molar-refractivity contribution in [3.8, 4) is 11.5 Å². The molecule has 0 aliphatic rings. The van der Waals surface area contributed by atoms with E-state index in [0.717, 1.165) is 5.56 Å².